The minimum atomic E-state index is 0.108. The summed E-state index contributed by atoms with van der Waals surface area (Å²) in [5, 5.41) is 2.50. The van der Waals surface area contributed by atoms with E-state index in [0.29, 0.717) is 10.7 Å². The normalized spacial score (nSPS) is 11.6. The van der Waals surface area contributed by atoms with Gasteiger partial charge in [-0.1, -0.05) is 32.4 Å². The number of halogens is 1. The van der Waals surface area contributed by atoms with Gasteiger partial charge in [-0.15, -0.1) is 0 Å². The summed E-state index contributed by atoms with van der Waals surface area (Å²) in [6.07, 6.45) is 0. The molecule has 0 radical (unpaired) electrons. The van der Waals surface area contributed by atoms with Crippen molar-refractivity contribution >= 4 is 23.0 Å². The summed E-state index contributed by atoms with van der Waals surface area (Å²) in [5.41, 5.74) is 8.59. The molecule has 0 saturated heterocycles. The summed E-state index contributed by atoms with van der Waals surface area (Å²) in [4.78, 5) is 5.42. The van der Waals surface area contributed by atoms with Crippen LogP contribution in [0.2, 0.25) is 5.02 Å². The molecule has 0 aliphatic carbocycles. The summed E-state index contributed by atoms with van der Waals surface area (Å²) in [6, 6.07) is 3.61. The number of nitrogens with two attached hydrogens (primary N) is 1. The third-order valence-corrected chi connectivity index (χ3v) is 2.89. The molecule has 0 saturated carbocycles. The molecule has 1 aromatic rings. The van der Waals surface area contributed by atoms with Gasteiger partial charge in [-0.2, -0.15) is 0 Å². The number of benzene rings is 1. The van der Waals surface area contributed by atoms with E-state index in [4.69, 9.17) is 22.2 Å². The number of nitrogen functional groups attached to an aromatic ring is 1. The van der Waals surface area contributed by atoms with Gasteiger partial charge in [0.15, 0.2) is 0 Å². The molecule has 0 heterocycles. The van der Waals surface area contributed by atoms with Gasteiger partial charge in [0.1, 0.15) is 0 Å². The minimum absolute atomic E-state index is 0.108. The molecule has 0 bridgehead atoms. The van der Waals surface area contributed by atoms with Gasteiger partial charge in [0.05, 0.1) is 25.0 Å². The average molecular weight is 257 g/mol. The molecular weight excluding hydrogens is 236 g/mol. The van der Waals surface area contributed by atoms with Gasteiger partial charge in [0, 0.05) is 5.02 Å². The molecule has 1 aromatic carbocycles. The second-order valence-electron chi connectivity index (χ2n) is 5.39. The lowest BCUT2D eigenvalue weighted by Crippen LogP contribution is -2.32. The Hall–Kier alpha value is -0.930. The Morgan fingerprint density at radius 2 is 1.94 bits per heavy atom. The quantitative estimate of drug-likeness (QED) is 0.663. The molecule has 0 amide bonds. The molecular formula is C13H21ClN2O. The average Bonchev–Trinajstić information content (AvgIpc) is 2.21. The van der Waals surface area contributed by atoms with E-state index in [-0.39, 0.29) is 5.41 Å². The Morgan fingerprint density at radius 1 is 1.35 bits per heavy atom. The molecule has 2 N–H and O–H groups in total. The van der Waals surface area contributed by atoms with Gasteiger partial charge in [-0.25, -0.2) is 0 Å². The van der Waals surface area contributed by atoms with Crippen LogP contribution in [0.5, 0.6) is 0 Å². The van der Waals surface area contributed by atoms with Crippen LogP contribution >= 0.6 is 11.6 Å². The lowest BCUT2D eigenvalue weighted by Gasteiger charge is -2.31. The van der Waals surface area contributed by atoms with Crippen LogP contribution in [-0.2, 0) is 4.84 Å². The topological polar surface area (TPSA) is 38.5 Å². The Bertz CT molecular complexity index is 399. The molecule has 0 fully saturated rings. The lowest BCUT2D eigenvalue weighted by atomic mass is 9.96. The first-order valence-electron chi connectivity index (χ1n) is 5.62. The molecule has 0 aliphatic rings. The smallest absolute Gasteiger partial charge is 0.0909 e. The van der Waals surface area contributed by atoms with Crippen LogP contribution in [0.4, 0.5) is 11.4 Å². The first kappa shape index (κ1) is 14.1. The van der Waals surface area contributed by atoms with Gasteiger partial charge >= 0.3 is 0 Å². The third kappa shape index (κ3) is 3.51. The fraction of sp³-hybridized carbons (Fsp3) is 0.538. The number of hydroxylamine groups is 1. The van der Waals surface area contributed by atoms with Crippen LogP contribution in [0, 0.1) is 12.3 Å². The van der Waals surface area contributed by atoms with Crippen molar-refractivity contribution in [2.24, 2.45) is 5.41 Å². The van der Waals surface area contributed by atoms with Crippen LogP contribution in [0.3, 0.4) is 0 Å². The van der Waals surface area contributed by atoms with Crippen molar-refractivity contribution in [1.82, 2.24) is 0 Å². The van der Waals surface area contributed by atoms with Crippen molar-refractivity contribution in [3.05, 3.63) is 22.7 Å². The van der Waals surface area contributed by atoms with Crippen molar-refractivity contribution in [2.75, 3.05) is 24.5 Å². The van der Waals surface area contributed by atoms with E-state index in [1.54, 1.807) is 24.3 Å². The SMILES string of the molecule is CON(CC(C)(C)C)c1c(N)ccc(Cl)c1C. The van der Waals surface area contributed by atoms with Gasteiger partial charge in [-0.05, 0) is 30.0 Å². The molecule has 4 heteroatoms. The largest absolute Gasteiger partial charge is 0.397 e. The molecule has 3 nitrogen and oxygen atoms in total. The number of hydrogen-bond acceptors (Lipinski definition) is 3. The van der Waals surface area contributed by atoms with Crippen LogP contribution in [-0.4, -0.2) is 13.7 Å². The molecule has 0 unspecified atom stereocenters. The first-order chi connectivity index (χ1) is 7.76. The standard InChI is InChI=1S/C13H21ClN2O/c1-9-10(14)6-7-11(15)12(9)16(17-5)8-13(2,3)4/h6-7H,8,15H2,1-5H3. The van der Waals surface area contributed by atoms with E-state index in [2.05, 4.69) is 20.8 Å². The molecule has 96 valence electrons. The second-order valence-corrected chi connectivity index (χ2v) is 5.80. The summed E-state index contributed by atoms with van der Waals surface area (Å²) in [6.45, 7) is 9.14. The van der Waals surface area contributed by atoms with Crippen molar-refractivity contribution in [2.45, 2.75) is 27.7 Å². The molecule has 0 spiro atoms. The maximum atomic E-state index is 6.12. The van der Waals surface area contributed by atoms with E-state index in [1.165, 1.54) is 0 Å². The summed E-state index contributed by atoms with van der Waals surface area (Å²) >= 11 is 6.12. The van der Waals surface area contributed by atoms with Gasteiger partial charge in [-0.3, -0.25) is 9.90 Å². The van der Waals surface area contributed by atoms with E-state index in [0.717, 1.165) is 17.8 Å². The number of nitrogens with zero attached hydrogens (tertiary/aromatic N) is 1. The highest BCUT2D eigenvalue weighted by Gasteiger charge is 2.21. The Morgan fingerprint density at radius 3 is 2.41 bits per heavy atom. The van der Waals surface area contributed by atoms with Crippen molar-refractivity contribution in [3.8, 4) is 0 Å². The predicted octanol–water partition coefficient (Wildman–Crippen LogP) is 3.64. The molecule has 0 atom stereocenters. The van der Waals surface area contributed by atoms with Gasteiger partial charge in [0.25, 0.3) is 0 Å². The van der Waals surface area contributed by atoms with Gasteiger partial charge < -0.3 is 5.73 Å². The highest BCUT2D eigenvalue weighted by atomic mass is 35.5. The monoisotopic (exact) mass is 256 g/mol. The van der Waals surface area contributed by atoms with Crippen LogP contribution < -0.4 is 10.8 Å². The zero-order chi connectivity index (χ0) is 13.2. The predicted molar refractivity (Wildman–Crippen MR) is 74.4 cm³/mol. The molecule has 0 aliphatic heterocycles. The summed E-state index contributed by atoms with van der Waals surface area (Å²) in [7, 11) is 1.64. The molecule has 1 rings (SSSR count). The lowest BCUT2D eigenvalue weighted by molar-refractivity contribution is 0.141. The zero-order valence-electron chi connectivity index (χ0n) is 11.2. The summed E-state index contributed by atoms with van der Waals surface area (Å²) in [5.74, 6) is 0. The Balaban J connectivity index is 3.16. The number of rotatable bonds is 3. The van der Waals surface area contributed by atoms with Crippen LogP contribution in [0.15, 0.2) is 12.1 Å². The third-order valence-electron chi connectivity index (χ3n) is 2.48. The Kier molecular flexibility index (Phi) is 4.28. The maximum absolute atomic E-state index is 6.12. The van der Waals surface area contributed by atoms with Gasteiger partial charge in [0.2, 0.25) is 0 Å². The first-order valence-corrected chi connectivity index (χ1v) is 6.00. The van der Waals surface area contributed by atoms with E-state index < -0.39 is 0 Å². The van der Waals surface area contributed by atoms with E-state index in [9.17, 15) is 0 Å². The van der Waals surface area contributed by atoms with Crippen LogP contribution in [0.1, 0.15) is 26.3 Å². The fourth-order valence-corrected chi connectivity index (χ4v) is 1.85. The maximum Gasteiger partial charge on any atom is 0.0909 e. The number of hydrogen-bond donors (Lipinski definition) is 1. The van der Waals surface area contributed by atoms with E-state index in [1.807, 2.05) is 6.92 Å². The van der Waals surface area contributed by atoms with Crippen LogP contribution in [0.25, 0.3) is 0 Å². The molecule has 0 aromatic heterocycles. The molecule has 17 heavy (non-hydrogen) atoms. The highest BCUT2D eigenvalue weighted by Crippen LogP contribution is 2.34. The van der Waals surface area contributed by atoms with Crippen molar-refractivity contribution < 1.29 is 4.84 Å². The van der Waals surface area contributed by atoms with Crippen molar-refractivity contribution in [1.29, 1.82) is 0 Å². The summed E-state index contributed by atoms with van der Waals surface area (Å²) < 4.78 is 0. The fourth-order valence-electron chi connectivity index (χ4n) is 1.69. The minimum Gasteiger partial charge on any atom is -0.397 e. The van der Waals surface area contributed by atoms with Crippen molar-refractivity contribution in [3.63, 3.8) is 0 Å². The highest BCUT2D eigenvalue weighted by molar-refractivity contribution is 6.31. The zero-order valence-corrected chi connectivity index (χ0v) is 11.9. The Labute approximate surface area is 108 Å². The van der Waals surface area contributed by atoms with E-state index >= 15 is 0 Å². The number of anilines is 2. The second kappa shape index (κ2) is 5.15.